The van der Waals surface area contributed by atoms with Crippen molar-refractivity contribution in [3.05, 3.63) is 57.3 Å². The molecule has 0 aliphatic rings. The number of hydrogen-bond donors (Lipinski definition) is 0. The average molecular weight is 364 g/mol. The third kappa shape index (κ3) is 1.79. The second-order valence-electron chi connectivity index (χ2n) is 4.47. The molecular weight excluding hydrogens is 356 g/mol. The van der Waals surface area contributed by atoms with Crippen molar-refractivity contribution in [3.8, 4) is 11.3 Å². The molecule has 2 aromatic heterocycles. The van der Waals surface area contributed by atoms with E-state index in [2.05, 4.69) is 48.9 Å². The molecule has 0 radical (unpaired) electrons. The Labute approximate surface area is 132 Å². The third-order valence-corrected chi connectivity index (χ3v) is 4.81. The number of aromatic nitrogens is 2. The predicted molar refractivity (Wildman–Crippen MR) is 88.7 cm³/mol. The lowest BCUT2D eigenvalue weighted by atomic mass is 10.2. The van der Waals surface area contributed by atoms with Crippen molar-refractivity contribution in [3.63, 3.8) is 0 Å². The first-order valence-corrected chi connectivity index (χ1v) is 8.09. The molecule has 5 heteroatoms. The molecule has 0 amide bonds. The maximum Gasteiger partial charge on any atom is 0.195 e. The van der Waals surface area contributed by atoms with Crippen LogP contribution in [0.25, 0.3) is 27.3 Å². The Balaban J connectivity index is 2.14. The summed E-state index contributed by atoms with van der Waals surface area (Å²) < 4.78 is 3.12. The SMILES string of the molecule is Clc1cc(Br)cc2c1nc1scc(-c3ccccc3)n12. The van der Waals surface area contributed by atoms with Crippen LogP contribution in [0.2, 0.25) is 5.02 Å². The first kappa shape index (κ1) is 12.4. The van der Waals surface area contributed by atoms with E-state index < -0.39 is 0 Å². The van der Waals surface area contributed by atoms with Crippen LogP contribution in [0.5, 0.6) is 0 Å². The molecule has 4 aromatic rings. The van der Waals surface area contributed by atoms with Gasteiger partial charge in [-0.2, -0.15) is 0 Å². The van der Waals surface area contributed by atoms with Gasteiger partial charge in [-0.15, -0.1) is 11.3 Å². The fraction of sp³-hybridized carbons (Fsp3) is 0. The summed E-state index contributed by atoms with van der Waals surface area (Å²) in [5, 5.41) is 2.80. The molecule has 0 saturated carbocycles. The van der Waals surface area contributed by atoms with Gasteiger partial charge in [0, 0.05) is 9.85 Å². The zero-order valence-corrected chi connectivity index (χ0v) is 13.3. The van der Waals surface area contributed by atoms with Crippen LogP contribution >= 0.6 is 38.9 Å². The van der Waals surface area contributed by atoms with Gasteiger partial charge in [-0.3, -0.25) is 4.40 Å². The van der Waals surface area contributed by atoms with Crippen LogP contribution in [0.15, 0.2) is 52.3 Å². The molecule has 0 saturated heterocycles. The second-order valence-corrected chi connectivity index (χ2v) is 6.63. The van der Waals surface area contributed by atoms with Gasteiger partial charge in [0.2, 0.25) is 0 Å². The highest BCUT2D eigenvalue weighted by atomic mass is 79.9. The lowest BCUT2D eigenvalue weighted by molar-refractivity contribution is 1.28. The Kier molecular flexibility index (Phi) is 2.84. The molecule has 0 N–H and O–H groups in total. The van der Waals surface area contributed by atoms with E-state index >= 15 is 0 Å². The number of halogens is 2. The molecule has 2 nitrogen and oxygen atoms in total. The van der Waals surface area contributed by atoms with Gasteiger partial charge in [-0.25, -0.2) is 4.98 Å². The molecule has 0 aliphatic heterocycles. The third-order valence-electron chi connectivity index (χ3n) is 3.23. The van der Waals surface area contributed by atoms with E-state index in [9.17, 15) is 0 Å². The van der Waals surface area contributed by atoms with Crippen molar-refractivity contribution in [1.29, 1.82) is 0 Å². The Morgan fingerprint density at radius 3 is 2.75 bits per heavy atom. The largest absolute Gasteiger partial charge is 0.283 e. The highest BCUT2D eigenvalue weighted by Gasteiger charge is 2.14. The van der Waals surface area contributed by atoms with E-state index in [4.69, 9.17) is 11.6 Å². The lowest BCUT2D eigenvalue weighted by Gasteiger charge is -2.01. The Morgan fingerprint density at radius 2 is 1.95 bits per heavy atom. The van der Waals surface area contributed by atoms with Gasteiger partial charge in [0.1, 0.15) is 5.52 Å². The minimum absolute atomic E-state index is 0.671. The molecule has 2 aromatic carbocycles. The Bertz CT molecular complexity index is 927. The molecule has 98 valence electrons. The van der Waals surface area contributed by atoms with Crippen LogP contribution in [-0.2, 0) is 0 Å². The number of imidazole rings is 1. The zero-order valence-electron chi connectivity index (χ0n) is 10.2. The highest BCUT2D eigenvalue weighted by molar-refractivity contribution is 9.10. The summed E-state index contributed by atoms with van der Waals surface area (Å²) >= 11 is 11.4. The molecular formula is C15H8BrClN2S. The van der Waals surface area contributed by atoms with Crippen LogP contribution in [0.4, 0.5) is 0 Å². The van der Waals surface area contributed by atoms with Crippen molar-refractivity contribution in [2.75, 3.05) is 0 Å². The second kappa shape index (κ2) is 4.58. The number of benzene rings is 2. The molecule has 4 rings (SSSR count). The van der Waals surface area contributed by atoms with Crippen molar-refractivity contribution >= 4 is 54.9 Å². The number of rotatable bonds is 1. The van der Waals surface area contributed by atoms with Gasteiger partial charge < -0.3 is 0 Å². The number of fused-ring (bicyclic) bond motifs is 3. The van der Waals surface area contributed by atoms with Gasteiger partial charge in [-0.1, -0.05) is 57.9 Å². The van der Waals surface area contributed by atoms with Gasteiger partial charge in [-0.05, 0) is 17.7 Å². The maximum atomic E-state index is 6.29. The van der Waals surface area contributed by atoms with Crippen LogP contribution in [-0.4, -0.2) is 9.38 Å². The topological polar surface area (TPSA) is 17.3 Å². The highest BCUT2D eigenvalue weighted by Crippen LogP contribution is 2.34. The van der Waals surface area contributed by atoms with E-state index in [1.54, 1.807) is 11.3 Å². The zero-order chi connectivity index (χ0) is 13.7. The molecule has 0 bridgehead atoms. The first-order valence-electron chi connectivity index (χ1n) is 6.04. The van der Waals surface area contributed by atoms with Crippen LogP contribution in [0.1, 0.15) is 0 Å². The summed E-state index contributed by atoms with van der Waals surface area (Å²) in [6.45, 7) is 0. The van der Waals surface area contributed by atoms with E-state index in [1.807, 2.05) is 24.3 Å². The molecule has 0 atom stereocenters. The summed E-state index contributed by atoms with van der Waals surface area (Å²) in [5.74, 6) is 0. The van der Waals surface area contributed by atoms with E-state index in [1.165, 1.54) is 5.56 Å². The van der Waals surface area contributed by atoms with E-state index in [-0.39, 0.29) is 0 Å². The Hall–Kier alpha value is -1.36. The monoisotopic (exact) mass is 362 g/mol. The molecule has 0 fully saturated rings. The maximum absolute atomic E-state index is 6.29. The molecule has 20 heavy (non-hydrogen) atoms. The summed E-state index contributed by atoms with van der Waals surface area (Å²) in [6.07, 6.45) is 0. The number of nitrogens with zero attached hydrogens (tertiary/aromatic N) is 2. The summed E-state index contributed by atoms with van der Waals surface area (Å²) in [4.78, 5) is 5.59. The Morgan fingerprint density at radius 1 is 1.15 bits per heavy atom. The van der Waals surface area contributed by atoms with Crippen LogP contribution < -0.4 is 0 Å². The average Bonchev–Trinajstić information content (AvgIpc) is 3.00. The van der Waals surface area contributed by atoms with E-state index in [0.717, 1.165) is 26.2 Å². The van der Waals surface area contributed by atoms with Crippen LogP contribution in [0.3, 0.4) is 0 Å². The van der Waals surface area contributed by atoms with Crippen molar-refractivity contribution in [2.24, 2.45) is 0 Å². The normalized spacial score (nSPS) is 11.5. The van der Waals surface area contributed by atoms with Crippen molar-refractivity contribution < 1.29 is 0 Å². The molecule has 0 spiro atoms. The first-order chi connectivity index (χ1) is 9.74. The fourth-order valence-electron chi connectivity index (χ4n) is 2.36. The standard InChI is InChI=1S/C15H8BrClN2S/c16-10-6-11(17)14-12(7-10)19-13(8-20-15(19)18-14)9-4-2-1-3-5-9/h1-8H. The van der Waals surface area contributed by atoms with E-state index in [0.29, 0.717) is 5.02 Å². The van der Waals surface area contributed by atoms with Gasteiger partial charge >= 0.3 is 0 Å². The minimum atomic E-state index is 0.671. The quantitative estimate of drug-likeness (QED) is 0.428. The van der Waals surface area contributed by atoms with Crippen molar-refractivity contribution in [2.45, 2.75) is 0 Å². The number of hydrogen-bond acceptors (Lipinski definition) is 2. The summed E-state index contributed by atoms with van der Waals surface area (Å²) in [7, 11) is 0. The van der Waals surface area contributed by atoms with Crippen LogP contribution in [0, 0.1) is 0 Å². The molecule has 0 aliphatic carbocycles. The molecule has 0 unspecified atom stereocenters. The van der Waals surface area contributed by atoms with Gasteiger partial charge in [0.05, 0.1) is 16.2 Å². The summed E-state index contributed by atoms with van der Waals surface area (Å²) in [5.41, 5.74) is 4.19. The lowest BCUT2D eigenvalue weighted by Crippen LogP contribution is -1.85. The summed E-state index contributed by atoms with van der Waals surface area (Å²) in [6, 6.07) is 14.2. The van der Waals surface area contributed by atoms with Crippen molar-refractivity contribution in [1.82, 2.24) is 9.38 Å². The van der Waals surface area contributed by atoms with Gasteiger partial charge in [0.15, 0.2) is 4.96 Å². The predicted octanol–water partition coefficient (Wildman–Crippen LogP) is 5.63. The smallest absolute Gasteiger partial charge is 0.195 e. The fourth-order valence-corrected chi connectivity index (χ4v) is 4.10. The minimum Gasteiger partial charge on any atom is -0.283 e. The van der Waals surface area contributed by atoms with Gasteiger partial charge in [0.25, 0.3) is 0 Å². The molecule has 2 heterocycles. The number of thiazole rings is 1.